The molecule has 1 aliphatic heterocycles. The largest absolute Gasteiger partial charge is 0.345 e. The molecule has 1 saturated heterocycles. The van der Waals surface area contributed by atoms with Gasteiger partial charge in [-0.25, -0.2) is 9.97 Å². The normalized spacial score (nSPS) is 19.5. The molecule has 1 aliphatic carbocycles. The molecular formula is C21H25N4S+. The van der Waals surface area contributed by atoms with E-state index >= 15 is 0 Å². The molecule has 5 heteroatoms. The van der Waals surface area contributed by atoms with Gasteiger partial charge < -0.3 is 9.80 Å². The minimum atomic E-state index is 0.906. The van der Waals surface area contributed by atoms with Gasteiger partial charge in [-0.05, 0) is 31.2 Å². The van der Waals surface area contributed by atoms with Crippen molar-refractivity contribution in [3.8, 4) is 11.1 Å². The van der Waals surface area contributed by atoms with Crippen LogP contribution in [0.1, 0.15) is 25.7 Å². The summed E-state index contributed by atoms with van der Waals surface area (Å²) in [7, 11) is 0. The number of piperazine rings is 1. The van der Waals surface area contributed by atoms with E-state index in [9.17, 15) is 0 Å². The number of nitrogens with zero attached hydrogens (tertiary/aromatic N) is 3. The molecule has 0 atom stereocenters. The van der Waals surface area contributed by atoms with E-state index < -0.39 is 0 Å². The van der Waals surface area contributed by atoms with Gasteiger partial charge in [0, 0.05) is 10.9 Å². The Balaban J connectivity index is 1.45. The van der Waals surface area contributed by atoms with E-state index in [0.717, 1.165) is 29.8 Å². The van der Waals surface area contributed by atoms with E-state index in [1.165, 1.54) is 55.3 Å². The van der Waals surface area contributed by atoms with Crippen molar-refractivity contribution in [2.24, 2.45) is 0 Å². The van der Waals surface area contributed by atoms with Gasteiger partial charge in [-0.3, -0.25) is 0 Å². The third-order valence-electron chi connectivity index (χ3n) is 6.07. The average molecular weight is 366 g/mol. The summed E-state index contributed by atoms with van der Waals surface area (Å²) in [4.78, 5) is 14.7. The lowest BCUT2D eigenvalue weighted by Gasteiger charge is -2.36. The molecule has 2 aromatic heterocycles. The summed E-state index contributed by atoms with van der Waals surface area (Å²) in [5, 5.41) is 3.46. The second-order valence-electron chi connectivity index (χ2n) is 7.52. The van der Waals surface area contributed by atoms with Crippen molar-refractivity contribution in [2.75, 3.05) is 31.1 Å². The molecule has 1 aromatic carbocycles. The van der Waals surface area contributed by atoms with Crippen LogP contribution < -0.4 is 9.80 Å². The molecule has 0 amide bonds. The Morgan fingerprint density at radius 2 is 1.77 bits per heavy atom. The SMILES string of the molecule is c1ccc(-c2csc3ncnc(N4CC[NH+](C5CCCC5)CC4)c23)cc1. The van der Waals surface area contributed by atoms with Crippen LogP contribution in [0.15, 0.2) is 42.0 Å². The number of fused-ring (bicyclic) bond motifs is 1. The molecule has 26 heavy (non-hydrogen) atoms. The van der Waals surface area contributed by atoms with Gasteiger partial charge in [0.1, 0.15) is 17.0 Å². The van der Waals surface area contributed by atoms with Crippen LogP contribution in [-0.4, -0.2) is 42.2 Å². The highest BCUT2D eigenvalue weighted by Gasteiger charge is 2.30. The number of quaternary nitrogens is 1. The van der Waals surface area contributed by atoms with Crippen molar-refractivity contribution in [1.82, 2.24) is 9.97 Å². The maximum absolute atomic E-state index is 4.72. The molecule has 0 bridgehead atoms. The zero-order chi connectivity index (χ0) is 17.3. The summed E-state index contributed by atoms with van der Waals surface area (Å²) in [6.45, 7) is 4.67. The van der Waals surface area contributed by atoms with Crippen LogP contribution in [0.5, 0.6) is 0 Å². The smallest absolute Gasteiger partial charge is 0.141 e. The van der Waals surface area contributed by atoms with Crippen molar-refractivity contribution in [1.29, 1.82) is 0 Å². The molecule has 3 heterocycles. The fraction of sp³-hybridized carbons (Fsp3) is 0.429. The van der Waals surface area contributed by atoms with E-state index in [4.69, 9.17) is 4.98 Å². The first-order valence-electron chi connectivity index (χ1n) is 9.77. The minimum absolute atomic E-state index is 0.906. The summed E-state index contributed by atoms with van der Waals surface area (Å²) >= 11 is 1.72. The fourth-order valence-electron chi connectivity index (χ4n) is 4.68. The van der Waals surface area contributed by atoms with Crippen molar-refractivity contribution in [2.45, 2.75) is 31.7 Å². The molecular weight excluding hydrogens is 340 g/mol. The maximum Gasteiger partial charge on any atom is 0.141 e. The predicted octanol–water partition coefficient (Wildman–Crippen LogP) is 3.01. The van der Waals surface area contributed by atoms with Crippen molar-refractivity contribution < 1.29 is 4.90 Å². The van der Waals surface area contributed by atoms with E-state index in [-0.39, 0.29) is 0 Å². The molecule has 2 aliphatic rings. The van der Waals surface area contributed by atoms with Gasteiger partial charge in [-0.1, -0.05) is 30.3 Å². The second-order valence-corrected chi connectivity index (χ2v) is 8.38. The lowest BCUT2D eigenvalue weighted by molar-refractivity contribution is -0.925. The summed E-state index contributed by atoms with van der Waals surface area (Å²) in [5.74, 6) is 1.13. The van der Waals surface area contributed by atoms with Gasteiger partial charge in [0.25, 0.3) is 0 Å². The van der Waals surface area contributed by atoms with Crippen LogP contribution in [0.3, 0.4) is 0 Å². The molecule has 4 nitrogen and oxygen atoms in total. The van der Waals surface area contributed by atoms with Gasteiger partial charge in [0.2, 0.25) is 0 Å². The number of hydrogen-bond acceptors (Lipinski definition) is 4. The van der Waals surface area contributed by atoms with Gasteiger partial charge in [0.05, 0.1) is 37.6 Å². The number of benzene rings is 1. The predicted molar refractivity (Wildman–Crippen MR) is 108 cm³/mol. The zero-order valence-corrected chi connectivity index (χ0v) is 15.8. The highest BCUT2D eigenvalue weighted by Crippen LogP contribution is 2.37. The van der Waals surface area contributed by atoms with Gasteiger partial charge >= 0.3 is 0 Å². The number of hydrogen-bond donors (Lipinski definition) is 1. The first-order valence-corrected chi connectivity index (χ1v) is 10.7. The fourth-order valence-corrected chi connectivity index (χ4v) is 5.59. The minimum Gasteiger partial charge on any atom is -0.345 e. The third kappa shape index (κ3) is 2.89. The first kappa shape index (κ1) is 16.2. The van der Waals surface area contributed by atoms with Crippen LogP contribution in [0.2, 0.25) is 0 Å². The average Bonchev–Trinajstić information content (AvgIpc) is 3.39. The Labute approximate surface area is 158 Å². The zero-order valence-electron chi connectivity index (χ0n) is 15.0. The molecule has 1 N–H and O–H groups in total. The highest BCUT2D eigenvalue weighted by atomic mass is 32.1. The maximum atomic E-state index is 4.72. The number of rotatable bonds is 3. The summed E-state index contributed by atoms with van der Waals surface area (Å²) in [6.07, 6.45) is 7.45. The van der Waals surface area contributed by atoms with Crippen LogP contribution in [0.4, 0.5) is 5.82 Å². The van der Waals surface area contributed by atoms with E-state index in [2.05, 4.69) is 45.6 Å². The first-order chi connectivity index (χ1) is 12.9. The molecule has 0 unspecified atom stereocenters. The molecule has 2 fully saturated rings. The third-order valence-corrected chi connectivity index (χ3v) is 6.96. The lowest BCUT2D eigenvalue weighted by Crippen LogP contribution is -3.18. The number of thiophene rings is 1. The van der Waals surface area contributed by atoms with Crippen molar-refractivity contribution in [3.63, 3.8) is 0 Å². The van der Waals surface area contributed by atoms with Gasteiger partial charge in [0.15, 0.2) is 0 Å². The highest BCUT2D eigenvalue weighted by molar-refractivity contribution is 7.17. The van der Waals surface area contributed by atoms with Gasteiger partial charge in [-0.15, -0.1) is 11.3 Å². The van der Waals surface area contributed by atoms with Crippen LogP contribution in [-0.2, 0) is 0 Å². The summed E-state index contributed by atoms with van der Waals surface area (Å²) < 4.78 is 0. The van der Waals surface area contributed by atoms with Gasteiger partial charge in [-0.2, -0.15) is 0 Å². The Morgan fingerprint density at radius 1 is 1.00 bits per heavy atom. The number of nitrogens with one attached hydrogen (secondary N) is 1. The number of aromatic nitrogens is 2. The van der Waals surface area contributed by atoms with E-state index in [1.54, 1.807) is 17.7 Å². The quantitative estimate of drug-likeness (QED) is 0.775. The monoisotopic (exact) mass is 365 g/mol. The summed E-state index contributed by atoms with van der Waals surface area (Å²) in [6, 6.07) is 11.5. The molecule has 0 spiro atoms. The topological polar surface area (TPSA) is 33.5 Å². The molecule has 0 radical (unpaired) electrons. The second kappa shape index (κ2) is 6.97. The Kier molecular flexibility index (Phi) is 4.35. The Bertz CT molecular complexity index is 877. The number of anilines is 1. The Hall–Kier alpha value is -1.98. The van der Waals surface area contributed by atoms with Crippen molar-refractivity contribution >= 4 is 27.4 Å². The van der Waals surface area contributed by atoms with Crippen LogP contribution in [0, 0.1) is 0 Å². The lowest BCUT2D eigenvalue weighted by atomic mass is 10.1. The summed E-state index contributed by atoms with van der Waals surface area (Å²) in [5.41, 5.74) is 2.52. The molecule has 1 saturated carbocycles. The van der Waals surface area contributed by atoms with E-state index in [0.29, 0.717) is 0 Å². The molecule has 3 aromatic rings. The molecule has 5 rings (SSSR count). The van der Waals surface area contributed by atoms with E-state index in [1.807, 2.05) is 4.90 Å². The molecule has 134 valence electrons. The Morgan fingerprint density at radius 3 is 2.54 bits per heavy atom. The van der Waals surface area contributed by atoms with Crippen LogP contribution in [0.25, 0.3) is 21.3 Å². The standard InChI is InChI=1S/C21H24N4S/c1-2-6-16(7-3-1)18-14-26-21-19(18)20(22-15-23-21)25-12-10-24(11-13-25)17-8-4-5-9-17/h1-3,6-7,14-15,17H,4-5,8-13H2/p+1. The van der Waals surface area contributed by atoms with Crippen molar-refractivity contribution in [3.05, 3.63) is 42.0 Å². The van der Waals surface area contributed by atoms with Crippen LogP contribution >= 0.6 is 11.3 Å².